The second kappa shape index (κ2) is 6.19. The van der Waals surface area contributed by atoms with Gasteiger partial charge in [0, 0.05) is 10.7 Å². The number of aliphatic carboxylic acids is 1. The van der Waals surface area contributed by atoms with Crippen LogP contribution >= 0.6 is 10.7 Å². The molecular weight excluding hydrogens is 312 g/mol. The van der Waals surface area contributed by atoms with E-state index in [9.17, 15) is 13.2 Å². The lowest BCUT2D eigenvalue weighted by atomic mass is 10.1. The lowest BCUT2D eigenvalue weighted by molar-refractivity contribution is -0.136. The van der Waals surface area contributed by atoms with Crippen molar-refractivity contribution in [3.8, 4) is 17.2 Å². The van der Waals surface area contributed by atoms with E-state index in [1.165, 1.54) is 27.4 Å². The molecule has 0 aliphatic rings. The number of halogens is 1. The van der Waals surface area contributed by atoms with Crippen LogP contribution in [0.5, 0.6) is 17.2 Å². The van der Waals surface area contributed by atoms with E-state index >= 15 is 0 Å². The van der Waals surface area contributed by atoms with Crippen LogP contribution in [0.3, 0.4) is 0 Å². The molecule has 0 saturated carbocycles. The topological polar surface area (TPSA) is 99.1 Å². The maximum atomic E-state index is 11.7. The van der Waals surface area contributed by atoms with Gasteiger partial charge < -0.3 is 19.3 Å². The summed E-state index contributed by atoms with van der Waals surface area (Å²) in [5.74, 6) is -1.26. The summed E-state index contributed by atoms with van der Waals surface area (Å²) in [6.07, 6.45) is -0.558. The normalized spacial score (nSPS) is 11.0. The Labute approximate surface area is 120 Å². The molecule has 1 rings (SSSR count). The molecule has 0 aromatic heterocycles. The number of rotatable bonds is 6. The van der Waals surface area contributed by atoms with Crippen molar-refractivity contribution in [2.75, 3.05) is 21.3 Å². The first-order valence-corrected chi connectivity index (χ1v) is 7.55. The first-order chi connectivity index (χ1) is 9.26. The Morgan fingerprint density at radius 3 is 2.10 bits per heavy atom. The van der Waals surface area contributed by atoms with Gasteiger partial charge in [-0.2, -0.15) is 0 Å². The summed E-state index contributed by atoms with van der Waals surface area (Å²) >= 11 is 0. The average molecular weight is 325 g/mol. The maximum absolute atomic E-state index is 11.7. The van der Waals surface area contributed by atoms with Gasteiger partial charge in [0.05, 0.1) is 27.8 Å². The van der Waals surface area contributed by atoms with Gasteiger partial charge >= 0.3 is 5.97 Å². The number of hydrogen-bond donors (Lipinski definition) is 1. The quantitative estimate of drug-likeness (QED) is 0.786. The molecule has 0 spiro atoms. The number of carbonyl (C=O) groups is 1. The van der Waals surface area contributed by atoms with Gasteiger partial charge in [0.15, 0.2) is 11.5 Å². The van der Waals surface area contributed by atoms with E-state index in [1.54, 1.807) is 0 Å². The van der Waals surface area contributed by atoms with Crippen molar-refractivity contribution >= 4 is 25.7 Å². The molecule has 0 heterocycles. The Hall–Kier alpha value is -1.67. The van der Waals surface area contributed by atoms with Gasteiger partial charge in [-0.15, -0.1) is 0 Å². The molecule has 0 radical (unpaired) electrons. The van der Waals surface area contributed by atoms with Crippen molar-refractivity contribution < 1.29 is 32.5 Å². The molecule has 112 valence electrons. The van der Waals surface area contributed by atoms with Crippen LogP contribution in [-0.2, 0) is 20.3 Å². The van der Waals surface area contributed by atoms with E-state index in [-0.39, 0.29) is 22.8 Å². The molecule has 0 aliphatic carbocycles. The minimum Gasteiger partial charge on any atom is -0.493 e. The van der Waals surface area contributed by atoms with Gasteiger partial charge in [0.25, 0.3) is 9.05 Å². The van der Waals surface area contributed by atoms with Crippen LogP contribution in [0, 0.1) is 0 Å². The van der Waals surface area contributed by atoms with Crippen molar-refractivity contribution in [3.05, 3.63) is 11.6 Å². The first kappa shape index (κ1) is 16.4. The van der Waals surface area contributed by atoms with E-state index < -0.39 is 26.3 Å². The Balaban J connectivity index is 3.78. The molecule has 0 aliphatic heterocycles. The van der Waals surface area contributed by atoms with Gasteiger partial charge in [-0.1, -0.05) is 0 Å². The summed E-state index contributed by atoms with van der Waals surface area (Å²) in [7, 11) is 4.97. The number of carboxylic acids is 1. The van der Waals surface area contributed by atoms with Crippen molar-refractivity contribution in [1.82, 2.24) is 0 Å². The van der Waals surface area contributed by atoms with Gasteiger partial charge in [-0.3, -0.25) is 4.79 Å². The van der Waals surface area contributed by atoms with Gasteiger partial charge in [0.1, 0.15) is 4.90 Å². The zero-order chi connectivity index (χ0) is 15.5. The SMILES string of the molecule is COc1cc(CC(=O)O)c(S(=O)(=O)Cl)c(OC)c1OC. The third-order valence-corrected chi connectivity index (χ3v) is 3.85. The number of carboxylic acid groups (broad SMARTS) is 1. The fourth-order valence-corrected chi connectivity index (χ4v) is 3.09. The van der Waals surface area contributed by atoms with E-state index in [1.807, 2.05) is 0 Å². The molecule has 0 saturated heterocycles. The summed E-state index contributed by atoms with van der Waals surface area (Å²) < 4.78 is 38.4. The zero-order valence-corrected chi connectivity index (χ0v) is 12.5. The van der Waals surface area contributed by atoms with Crippen LogP contribution in [0.25, 0.3) is 0 Å². The van der Waals surface area contributed by atoms with Crippen LogP contribution in [0.4, 0.5) is 0 Å². The Morgan fingerprint density at radius 1 is 1.20 bits per heavy atom. The van der Waals surface area contributed by atoms with Crippen LogP contribution in [-0.4, -0.2) is 40.8 Å². The smallest absolute Gasteiger partial charge is 0.307 e. The van der Waals surface area contributed by atoms with E-state index in [4.69, 9.17) is 30.0 Å². The molecule has 0 bridgehead atoms. The average Bonchev–Trinajstić information content (AvgIpc) is 2.34. The Bertz CT molecular complexity index is 624. The van der Waals surface area contributed by atoms with Gasteiger partial charge in [-0.05, 0) is 11.6 Å². The monoisotopic (exact) mass is 324 g/mol. The zero-order valence-electron chi connectivity index (χ0n) is 11.0. The molecule has 0 fully saturated rings. The lowest BCUT2D eigenvalue weighted by Crippen LogP contribution is -2.09. The molecule has 9 heteroatoms. The summed E-state index contributed by atoms with van der Waals surface area (Å²) in [6, 6.07) is 1.24. The maximum Gasteiger partial charge on any atom is 0.307 e. The minimum atomic E-state index is -4.23. The Kier molecular flexibility index (Phi) is 5.07. The van der Waals surface area contributed by atoms with Gasteiger partial charge in [-0.25, -0.2) is 8.42 Å². The molecule has 20 heavy (non-hydrogen) atoms. The number of ether oxygens (including phenoxy) is 3. The predicted molar refractivity (Wildman–Crippen MR) is 70.5 cm³/mol. The summed E-state index contributed by atoms with van der Waals surface area (Å²) in [4.78, 5) is 10.4. The number of methoxy groups -OCH3 is 3. The van der Waals surface area contributed by atoms with Crippen molar-refractivity contribution in [2.45, 2.75) is 11.3 Å². The highest BCUT2D eigenvalue weighted by Crippen LogP contribution is 2.45. The molecule has 7 nitrogen and oxygen atoms in total. The van der Waals surface area contributed by atoms with Crippen molar-refractivity contribution in [2.24, 2.45) is 0 Å². The molecule has 1 aromatic carbocycles. The fourth-order valence-electron chi connectivity index (χ4n) is 1.74. The first-order valence-electron chi connectivity index (χ1n) is 5.24. The highest BCUT2D eigenvalue weighted by atomic mass is 35.7. The van der Waals surface area contributed by atoms with Crippen LogP contribution in [0.15, 0.2) is 11.0 Å². The molecular formula is C11H13ClO7S. The second-order valence-corrected chi connectivity index (χ2v) is 6.14. The molecule has 0 unspecified atom stereocenters. The summed E-state index contributed by atoms with van der Waals surface area (Å²) in [5, 5.41) is 8.86. The van der Waals surface area contributed by atoms with Crippen molar-refractivity contribution in [1.29, 1.82) is 0 Å². The second-order valence-electron chi connectivity index (χ2n) is 3.64. The molecule has 0 atom stereocenters. The number of hydrogen-bond acceptors (Lipinski definition) is 6. The molecule has 0 amide bonds. The minimum absolute atomic E-state index is 0.0170. The molecule has 1 N–H and O–H groups in total. The van der Waals surface area contributed by atoms with Crippen LogP contribution < -0.4 is 14.2 Å². The molecule has 1 aromatic rings. The van der Waals surface area contributed by atoms with E-state index in [0.29, 0.717) is 0 Å². The van der Waals surface area contributed by atoms with Crippen molar-refractivity contribution in [3.63, 3.8) is 0 Å². The fraction of sp³-hybridized carbons (Fsp3) is 0.364. The number of benzene rings is 1. The third-order valence-electron chi connectivity index (χ3n) is 2.45. The van der Waals surface area contributed by atoms with Gasteiger partial charge in [0.2, 0.25) is 5.75 Å². The lowest BCUT2D eigenvalue weighted by Gasteiger charge is -2.17. The van der Waals surface area contributed by atoms with E-state index in [2.05, 4.69) is 0 Å². The van der Waals surface area contributed by atoms with Crippen LogP contribution in [0.2, 0.25) is 0 Å². The van der Waals surface area contributed by atoms with Crippen LogP contribution in [0.1, 0.15) is 5.56 Å². The predicted octanol–water partition coefficient (Wildman–Crippen LogP) is 1.27. The summed E-state index contributed by atoms with van der Waals surface area (Å²) in [5.41, 5.74) is -0.0537. The highest BCUT2D eigenvalue weighted by Gasteiger charge is 2.29. The standard InChI is InChI=1S/C11H13ClO7S/c1-17-7-4-6(5-8(13)14)11(20(12,15)16)10(19-3)9(7)18-2/h4H,5H2,1-3H3,(H,13,14). The summed E-state index contributed by atoms with van der Waals surface area (Å²) in [6.45, 7) is 0. The van der Waals surface area contributed by atoms with E-state index in [0.717, 1.165) is 0 Å². The largest absolute Gasteiger partial charge is 0.493 e. The Morgan fingerprint density at radius 2 is 1.75 bits per heavy atom. The highest BCUT2D eigenvalue weighted by molar-refractivity contribution is 8.13. The third kappa shape index (κ3) is 3.26.